The molecule has 2 aromatic heterocycles. The maximum Gasteiger partial charge on any atom is 0.410 e. The third-order valence-electron chi connectivity index (χ3n) is 4.54. The molecule has 0 saturated carbocycles. The van der Waals surface area contributed by atoms with Crippen LogP contribution in [-0.4, -0.2) is 58.0 Å². The summed E-state index contributed by atoms with van der Waals surface area (Å²) < 4.78 is 5.02. The minimum atomic E-state index is -1.08. The van der Waals surface area contributed by atoms with Gasteiger partial charge in [0.25, 0.3) is 0 Å². The number of aliphatic hydroxyl groups is 2. The molecule has 1 unspecified atom stereocenters. The van der Waals surface area contributed by atoms with Gasteiger partial charge in [-0.2, -0.15) is 0 Å². The normalized spacial score (nSPS) is 14.5. The average molecular weight is 417 g/mol. The number of rotatable bonds is 6. The minimum absolute atomic E-state index is 0.232. The smallest absolute Gasteiger partial charge is 0.410 e. The van der Waals surface area contributed by atoms with Crippen LogP contribution in [-0.2, 0) is 22.5 Å². The predicted molar refractivity (Wildman–Crippen MR) is 110 cm³/mol. The molecule has 2 amide bonds. The lowest BCUT2D eigenvalue weighted by atomic mass is 10.0. The van der Waals surface area contributed by atoms with Gasteiger partial charge in [0.15, 0.2) is 0 Å². The molecule has 1 aliphatic heterocycles. The van der Waals surface area contributed by atoms with Gasteiger partial charge in [-0.1, -0.05) is 6.07 Å². The Morgan fingerprint density at radius 1 is 1.48 bits per heavy atom. The summed E-state index contributed by atoms with van der Waals surface area (Å²) in [6.07, 6.45) is 5.56. The molecule has 0 radical (unpaired) electrons. The van der Waals surface area contributed by atoms with Gasteiger partial charge in [0.2, 0.25) is 5.91 Å². The van der Waals surface area contributed by atoms with Gasteiger partial charge in [-0.25, -0.2) is 4.79 Å². The number of aliphatic hydroxyl groups excluding tert-OH is 2. The molecular weight excluding hydrogens is 394 g/mol. The highest BCUT2D eigenvalue weighted by atomic mass is 32.1. The number of ether oxygens (including phenoxy) is 1. The van der Waals surface area contributed by atoms with Crippen LogP contribution >= 0.6 is 11.3 Å². The summed E-state index contributed by atoms with van der Waals surface area (Å²) >= 11 is 1.44. The zero-order valence-electron chi connectivity index (χ0n) is 16.0. The summed E-state index contributed by atoms with van der Waals surface area (Å²) in [5.41, 5.74) is 2.99. The van der Waals surface area contributed by atoms with Crippen LogP contribution in [0.3, 0.4) is 0 Å². The Bertz CT molecular complexity index is 897. The summed E-state index contributed by atoms with van der Waals surface area (Å²) in [4.78, 5) is 31.0. The number of thiophene rings is 1. The minimum Gasteiger partial charge on any atom is -0.447 e. The van der Waals surface area contributed by atoms with Crippen molar-refractivity contribution < 1.29 is 24.5 Å². The Balaban J connectivity index is 1.61. The quantitative estimate of drug-likeness (QED) is 0.620. The van der Waals surface area contributed by atoms with Crippen molar-refractivity contribution in [1.29, 1.82) is 0 Å². The van der Waals surface area contributed by atoms with Crippen molar-refractivity contribution >= 4 is 34.4 Å². The van der Waals surface area contributed by atoms with Gasteiger partial charge in [0.05, 0.1) is 18.2 Å². The van der Waals surface area contributed by atoms with E-state index in [1.807, 2.05) is 13.0 Å². The van der Waals surface area contributed by atoms with Crippen molar-refractivity contribution in [1.82, 2.24) is 9.88 Å². The Hall–Kier alpha value is -2.75. The lowest BCUT2D eigenvalue weighted by Crippen LogP contribution is -2.37. The zero-order chi connectivity index (χ0) is 20.8. The maximum atomic E-state index is 12.3. The first kappa shape index (κ1) is 21.0. The summed E-state index contributed by atoms with van der Waals surface area (Å²) in [6, 6.07) is 3.66. The molecule has 0 aromatic carbocycles. The number of carbonyl (C=O) groups excluding carboxylic acids is 2. The van der Waals surface area contributed by atoms with E-state index in [0.717, 1.165) is 26.6 Å². The summed E-state index contributed by atoms with van der Waals surface area (Å²) in [5.74, 6) is -0.232. The number of anilines is 1. The second-order valence-electron chi connectivity index (χ2n) is 6.65. The van der Waals surface area contributed by atoms with Crippen LogP contribution in [0.4, 0.5) is 9.80 Å². The summed E-state index contributed by atoms with van der Waals surface area (Å²) in [7, 11) is 0. The van der Waals surface area contributed by atoms with E-state index in [4.69, 9.17) is 9.84 Å². The molecule has 2 aromatic rings. The van der Waals surface area contributed by atoms with Gasteiger partial charge in [-0.05, 0) is 42.2 Å². The van der Waals surface area contributed by atoms with Crippen molar-refractivity contribution in [3.05, 3.63) is 52.2 Å². The number of hydrogen-bond acceptors (Lipinski definition) is 7. The van der Waals surface area contributed by atoms with Crippen molar-refractivity contribution in [2.45, 2.75) is 26.0 Å². The van der Waals surface area contributed by atoms with E-state index in [9.17, 15) is 14.7 Å². The number of fused-ring (bicyclic) bond motifs is 1. The number of hydrogen-bond donors (Lipinski definition) is 3. The maximum absolute atomic E-state index is 12.3. The van der Waals surface area contributed by atoms with Crippen molar-refractivity contribution in [3.8, 4) is 0 Å². The van der Waals surface area contributed by atoms with Crippen LogP contribution in [0.15, 0.2) is 30.6 Å². The molecule has 0 bridgehead atoms. The number of nitrogens with one attached hydrogen (secondary N) is 1. The Morgan fingerprint density at radius 2 is 2.31 bits per heavy atom. The number of aromatic nitrogens is 1. The molecule has 1 atom stereocenters. The highest BCUT2D eigenvalue weighted by Crippen LogP contribution is 2.36. The Morgan fingerprint density at radius 3 is 3.03 bits per heavy atom. The molecule has 3 N–H and O–H groups in total. The molecule has 0 spiro atoms. The molecule has 154 valence electrons. The topological polar surface area (TPSA) is 112 Å². The van der Waals surface area contributed by atoms with Crippen LogP contribution in [0.5, 0.6) is 0 Å². The largest absolute Gasteiger partial charge is 0.447 e. The monoisotopic (exact) mass is 417 g/mol. The van der Waals surface area contributed by atoms with E-state index in [-0.39, 0.29) is 12.5 Å². The second kappa shape index (κ2) is 9.64. The molecule has 0 saturated heterocycles. The zero-order valence-corrected chi connectivity index (χ0v) is 16.8. The predicted octanol–water partition coefficient (Wildman–Crippen LogP) is 1.95. The van der Waals surface area contributed by atoms with Crippen molar-refractivity contribution in [2.24, 2.45) is 0 Å². The van der Waals surface area contributed by atoms with Crippen LogP contribution in [0.1, 0.15) is 21.6 Å². The van der Waals surface area contributed by atoms with Crippen LogP contribution in [0.25, 0.3) is 6.08 Å². The van der Waals surface area contributed by atoms with Crippen LogP contribution in [0, 0.1) is 6.92 Å². The lowest BCUT2D eigenvalue weighted by Gasteiger charge is -2.26. The van der Waals surface area contributed by atoms with E-state index in [1.165, 1.54) is 17.4 Å². The van der Waals surface area contributed by atoms with Gasteiger partial charge in [0.1, 0.15) is 12.7 Å². The molecule has 3 rings (SSSR count). The van der Waals surface area contributed by atoms with Gasteiger partial charge in [-0.15, -0.1) is 11.3 Å². The number of nitrogens with zero attached hydrogens (tertiary/aromatic N) is 2. The van der Waals surface area contributed by atoms with Gasteiger partial charge >= 0.3 is 6.09 Å². The molecule has 0 aliphatic carbocycles. The molecule has 8 nitrogen and oxygen atoms in total. The number of carbonyl (C=O) groups is 2. The Labute approximate surface area is 172 Å². The van der Waals surface area contributed by atoms with E-state index in [0.29, 0.717) is 19.5 Å². The van der Waals surface area contributed by atoms with Crippen molar-refractivity contribution in [2.75, 3.05) is 25.1 Å². The first-order valence-corrected chi connectivity index (χ1v) is 10.0. The number of amides is 2. The highest BCUT2D eigenvalue weighted by molar-refractivity contribution is 7.16. The molecule has 1 aliphatic rings. The molecule has 0 fully saturated rings. The Kier molecular flexibility index (Phi) is 6.97. The summed E-state index contributed by atoms with van der Waals surface area (Å²) in [6.45, 7) is 2.14. The fourth-order valence-corrected chi connectivity index (χ4v) is 4.22. The van der Waals surface area contributed by atoms with E-state index < -0.39 is 18.8 Å². The summed E-state index contributed by atoms with van der Waals surface area (Å²) in [5, 5.41) is 21.8. The fourth-order valence-electron chi connectivity index (χ4n) is 2.95. The van der Waals surface area contributed by atoms with Crippen LogP contribution in [0.2, 0.25) is 0 Å². The molecule has 3 heterocycles. The lowest BCUT2D eigenvalue weighted by molar-refractivity contribution is -0.111. The third-order valence-corrected chi connectivity index (χ3v) is 5.77. The van der Waals surface area contributed by atoms with Gasteiger partial charge in [0, 0.05) is 29.9 Å². The average Bonchev–Trinajstić information content (AvgIpc) is 3.05. The molecular formula is C20H23N3O5S. The van der Waals surface area contributed by atoms with E-state index in [1.54, 1.807) is 29.4 Å². The van der Waals surface area contributed by atoms with Crippen molar-refractivity contribution in [3.63, 3.8) is 0 Å². The van der Waals surface area contributed by atoms with Crippen LogP contribution < -0.4 is 5.32 Å². The SMILES string of the molecule is Cc1c(NC(=O)/C=C/c2cccnc2)sc2c1CCN(C(=O)OCC(O)CO)C2. The second-order valence-corrected chi connectivity index (χ2v) is 7.76. The molecule has 9 heteroatoms. The third kappa shape index (κ3) is 5.41. The first-order valence-electron chi connectivity index (χ1n) is 9.18. The molecule has 29 heavy (non-hydrogen) atoms. The highest BCUT2D eigenvalue weighted by Gasteiger charge is 2.26. The number of pyridine rings is 1. The fraction of sp³-hybridized carbons (Fsp3) is 0.350. The standard InChI is InChI=1S/C20H23N3O5S/c1-13-16-6-8-23(20(27)28-12-15(25)11-24)10-17(16)29-19(13)22-18(26)5-4-14-3-2-7-21-9-14/h2-5,7,9,15,24-25H,6,8,10-12H2,1H3,(H,22,26)/b5-4+. The van der Waals surface area contributed by atoms with E-state index >= 15 is 0 Å². The van der Waals surface area contributed by atoms with E-state index in [2.05, 4.69) is 10.3 Å². The first-order chi connectivity index (χ1) is 14.0. The van der Waals surface area contributed by atoms with Gasteiger partial charge < -0.3 is 25.2 Å². The van der Waals surface area contributed by atoms with Gasteiger partial charge in [-0.3, -0.25) is 9.78 Å².